The van der Waals surface area contributed by atoms with E-state index in [1.807, 2.05) is 43.3 Å². The minimum Gasteiger partial charge on any atom is -0.382 e. The van der Waals surface area contributed by atoms with E-state index < -0.39 is 6.04 Å². The fourth-order valence-electron chi connectivity index (χ4n) is 4.01. The van der Waals surface area contributed by atoms with Gasteiger partial charge < -0.3 is 15.4 Å². The zero-order valence-electron chi connectivity index (χ0n) is 18.3. The summed E-state index contributed by atoms with van der Waals surface area (Å²) in [6.45, 7) is 5.82. The lowest BCUT2D eigenvalue weighted by Gasteiger charge is -2.37. The normalized spacial score (nSPS) is 16.8. The number of ether oxygens (including phenoxy) is 1. The van der Waals surface area contributed by atoms with Crippen molar-refractivity contribution in [1.29, 1.82) is 0 Å². The van der Waals surface area contributed by atoms with Crippen LogP contribution in [0, 0.1) is 0 Å². The summed E-state index contributed by atoms with van der Waals surface area (Å²) in [5.74, 6) is -0.0415. The van der Waals surface area contributed by atoms with Crippen LogP contribution in [0.2, 0.25) is 0 Å². The van der Waals surface area contributed by atoms with Crippen LogP contribution in [-0.4, -0.2) is 62.1 Å². The molecule has 0 radical (unpaired) electrons. The second-order valence-corrected chi connectivity index (χ2v) is 7.78. The highest BCUT2D eigenvalue weighted by Gasteiger charge is 2.33. The van der Waals surface area contributed by atoms with E-state index in [2.05, 4.69) is 39.8 Å². The van der Waals surface area contributed by atoms with E-state index in [1.165, 1.54) is 11.1 Å². The van der Waals surface area contributed by atoms with Gasteiger partial charge in [0, 0.05) is 45.3 Å². The van der Waals surface area contributed by atoms with E-state index in [9.17, 15) is 9.59 Å². The summed E-state index contributed by atoms with van der Waals surface area (Å²) in [5.41, 5.74) is 2.41. The van der Waals surface area contributed by atoms with Crippen LogP contribution in [0.1, 0.15) is 36.8 Å². The average molecular weight is 424 g/mol. The fourth-order valence-corrected chi connectivity index (χ4v) is 4.01. The van der Waals surface area contributed by atoms with E-state index in [1.54, 1.807) is 0 Å². The number of nitrogens with zero attached hydrogens (tertiary/aromatic N) is 1. The van der Waals surface area contributed by atoms with E-state index in [4.69, 9.17) is 4.74 Å². The van der Waals surface area contributed by atoms with Gasteiger partial charge in [-0.05, 0) is 24.5 Å². The zero-order chi connectivity index (χ0) is 21.9. The lowest BCUT2D eigenvalue weighted by molar-refractivity contribution is -0.134. The third-order valence-electron chi connectivity index (χ3n) is 5.63. The molecular formula is C25H33N3O3. The van der Waals surface area contributed by atoms with E-state index >= 15 is 0 Å². The summed E-state index contributed by atoms with van der Waals surface area (Å²) in [7, 11) is 0. The van der Waals surface area contributed by atoms with Crippen molar-refractivity contribution in [2.75, 3.05) is 39.4 Å². The highest BCUT2D eigenvalue weighted by molar-refractivity contribution is 5.88. The maximum atomic E-state index is 12.7. The minimum atomic E-state index is -0.462. The molecule has 2 aromatic rings. The van der Waals surface area contributed by atoms with Crippen molar-refractivity contribution < 1.29 is 14.3 Å². The third-order valence-corrected chi connectivity index (χ3v) is 5.63. The average Bonchev–Trinajstić information content (AvgIpc) is 2.80. The van der Waals surface area contributed by atoms with Crippen molar-refractivity contribution in [1.82, 2.24) is 15.5 Å². The van der Waals surface area contributed by atoms with Crippen molar-refractivity contribution in [2.45, 2.75) is 31.7 Å². The number of benzene rings is 2. The zero-order valence-corrected chi connectivity index (χ0v) is 18.3. The SMILES string of the molecule is CCOCCCNC(=O)CC1C(=O)NCCN1CC(c1ccccc1)c1ccccc1. The molecule has 31 heavy (non-hydrogen) atoms. The lowest BCUT2D eigenvalue weighted by Crippen LogP contribution is -2.57. The van der Waals surface area contributed by atoms with Crippen LogP contribution in [0.15, 0.2) is 60.7 Å². The van der Waals surface area contributed by atoms with Gasteiger partial charge in [-0.15, -0.1) is 0 Å². The Morgan fingerprint density at radius 2 is 1.77 bits per heavy atom. The third kappa shape index (κ3) is 6.91. The summed E-state index contributed by atoms with van der Waals surface area (Å²) in [5, 5.41) is 5.84. The summed E-state index contributed by atoms with van der Waals surface area (Å²) in [4.78, 5) is 27.3. The number of rotatable bonds is 11. The first kappa shape index (κ1) is 23.0. The van der Waals surface area contributed by atoms with Gasteiger partial charge >= 0.3 is 0 Å². The second kappa shape index (κ2) is 12.2. The van der Waals surface area contributed by atoms with Crippen LogP contribution in [0.3, 0.4) is 0 Å². The molecule has 1 fully saturated rings. The molecule has 166 valence electrons. The van der Waals surface area contributed by atoms with Gasteiger partial charge in [0.1, 0.15) is 0 Å². The van der Waals surface area contributed by atoms with Gasteiger partial charge in [-0.3, -0.25) is 14.5 Å². The molecule has 1 aliphatic rings. The molecule has 1 saturated heterocycles. The number of amides is 2. The van der Waals surface area contributed by atoms with Gasteiger partial charge in [0.05, 0.1) is 12.5 Å². The van der Waals surface area contributed by atoms with Gasteiger partial charge in [-0.25, -0.2) is 0 Å². The molecule has 6 heteroatoms. The molecule has 1 atom stereocenters. The van der Waals surface area contributed by atoms with Crippen LogP contribution in [0.25, 0.3) is 0 Å². The molecule has 0 spiro atoms. The van der Waals surface area contributed by atoms with Gasteiger partial charge in [0.2, 0.25) is 11.8 Å². The Bertz CT molecular complexity index is 774. The predicted octanol–water partition coefficient (Wildman–Crippen LogP) is 2.55. The van der Waals surface area contributed by atoms with Crippen molar-refractivity contribution >= 4 is 11.8 Å². The number of carbonyl (C=O) groups excluding carboxylic acids is 2. The first-order valence-electron chi connectivity index (χ1n) is 11.1. The highest BCUT2D eigenvalue weighted by atomic mass is 16.5. The Balaban J connectivity index is 1.69. The molecule has 6 nitrogen and oxygen atoms in total. The molecule has 1 unspecified atom stereocenters. The first-order valence-corrected chi connectivity index (χ1v) is 11.1. The molecule has 1 heterocycles. The Labute approximate surface area is 185 Å². The van der Waals surface area contributed by atoms with Gasteiger partial charge in [-0.2, -0.15) is 0 Å². The van der Waals surface area contributed by atoms with E-state index in [0.29, 0.717) is 32.8 Å². The molecule has 0 aromatic heterocycles. The van der Waals surface area contributed by atoms with E-state index in [-0.39, 0.29) is 24.2 Å². The van der Waals surface area contributed by atoms with Gasteiger partial charge in [-0.1, -0.05) is 60.7 Å². The topological polar surface area (TPSA) is 70.7 Å². The van der Waals surface area contributed by atoms with Crippen molar-refractivity contribution in [3.63, 3.8) is 0 Å². The monoisotopic (exact) mass is 423 g/mol. The largest absolute Gasteiger partial charge is 0.382 e. The molecule has 2 N–H and O–H groups in total. The molecule has 2 aromatic carbocycles. The maximum absolute atomic E-state index is 12.7. The quantitative estimate of drug-likeness (QED) is 0.545. The van der Waals surface area contributed by atoms with Gasteiger partial charge in [0.15, 0.2) is 0 Å². The van der Waals surface area contributed by atoms with Crippen LogP contribution in [0.4, 0.5) is 0 Å². The minimum absolute atomic E-state index is 0.0735. The van der Waals surface area contributed by atoms with Crippen molar-refractivity contribution in [2.24, 2.45) is 0 Å². The van der Waals surface area contributed by atoms with Crippen molar-refractivity contribution in [3.8, 4) is 0 Å². The fraction of sp³-hybridized carbons (Fsp3) is 0.440. The standard InChI is InChI=1S/C25H33N3O3/c1-2-31-17-9-14-26-24(29)18-23-25(30)27-15-16-28(23)19-22(20-10-5-3-6-11-20)21-12-7-4-8-13-21/h3-8,10-13,22-23H,2,9,14-19H2,1H3,(H,26,29)(H,27,30). The van der Waals surface area contributed by atoms with Crippen molar-refractivity contribution in [3.05, 3.63) is 71.8 Å². The lowest BCUT2D eigenvalue weighted by atomic mass is 9.90. The Hall–Kier alpha value is -2.70. The maximum Gasteiger partial charge on any atom is 0.237 e. The van der Waals surface area contributed by atoms with Gasteiger partial charge in [0.25, 0.3) is 0 Å². The second-order valence-electron chi connectivity index (χ2n) is 7.78. The molecule has 3 rings (SSSR count). The summed E-state index contributed by atoms with van der Waals surface area (Å²) in [6, 6.07) is 20.2. The first-order chi connectivity index (χ1) is 15.2. The Morgan fingerprint density at radius 1 is 1.13 bits per heavy atom. The number of hydrogen-bond donors (Lipinski definition) is 2. The molecular weight excluding hydrogens is 390 g/mol. The molecule has 0 aliphatic carbocycles. The summed E-state index contributed by atoms with van der Waals surface area (Å²) >= 11 is 0. The molecule has 0 bridgehead atoms. The summed E-state index contributed by atoms with van der Waals surface area (Å²) < 4.78 is 5.30. The Kier molecular flexibility index (Phi) is 9.06. The smallest absolute Gasteiger partial charge is 0.237 e. The number of piperazine rings is 1. The number of nitrogens with one attached hydrogen (secondary N) is 2. The molecule has 1 aliphatic heterocycles. The molecule has 0 saturated carbocycles. The summed E-state index contributed by atoms with van der Waals surface area (Å²) in [6.07, 6.45) is 0.932. The number of carbonyl (C=O) groups is 2. The van der Waals surface area contributed by atoms with E-state index in [0.717, 1.165) is 13.0 Å². The Morgan fingerprint density at radius 3 is 2.39 bits per heavy atom. The predicted molar refractivity (Wildman–Crippen MR) is 122 cm³/mol. The highest BCUT2D eigenvalue weighted by Crippen LogP contribution is 2.27. The number of hydrogen-bond acceptors (Lipinski definition) is 4. The van der Waals surface area contributed by atoms with Crippen LogP contribution < -0.4 is 10.6 Å². The van der Waals surface area contributed by atoms with Crippen LogP contribution in [-0.2, 0) is 14.3 Å². The molecule has 2 amide bonds. The van der Waals surface area contributed by atoms with Crippen LogP contribution >= 0.6 is 0 Å². The van der Waals surface area contributed by atoms with Crippen LogP contribution in [0.5, 0.6) is 0 Å².